The molecular formula is C19H18O4. The van der Waals surface area contributed by atoms with Crippen LogP contribution in [0.2, 0.25) is 0 Å². The zero-order valence-electron chi connectivity index (χ0n) is 12.9. The second-order valence-electron chi connectivity index (χ2n) is 5.90. The first-order valence-corrected chi connectivity index (χ1v) is 7.87. The summed E-state index contributed by atoms with van der Waals surface area (Å²) in [7, 11) is 0. The maximum Gasteiger partial charge on any atom is 0.510 e. The lowest BCUT2D eigenvalue weighted by molar-refractivity contribution is -0.248. The Morgan fingerprint density at radius 1 is 1.00 bits per heavy atom. The van der Waals surface area contributed by atoms with Gasteiger partial charge in [-0.3, -0.25) is 0 Å². The first kappa shape index (κ1) is 14.3. The molecule has 1 heterocycles. The highest BCUT2D eigenvalue weighted by Crippen LogP contribution is 2.65. The van der Waals surface area contributed by atoms with Gasteiger partial charge in [-0.2, -0.15) is 0 Å². The average molecular weight is 310 g/mol. The van der Waals surface area contributed by atoms with Crippen molar-refractivity contribution in [2.75, 3.05) is 6.61 Å². The van der Waals surface area contributed by atoms with Crippen LogP contribution in [-0.4, -0.2) is 18.9 Å². The number of benzene rings is 2. The Hall–Kier alpha value is -2.33. The van der Waals surface area contributed by atoms with E-state index in [-0.39, 0.29) is 6.10 Å². The van der Waals surface area contributed by atoms with Crippen molar-refractivity contribution in [2.24, 2.45) is 0 Å². The normalized spacial score (nSPS) is 31.7. The predicted molar refractivity (Wildman–Crippen MR) is 83.8 cm³/mol. The van der Waals surface area contributed by atoms with E-state index in [0.717, 1.165) is 11.1 Å². The van der Waals surface area contributed by atoms with Crippen molar-refractivity contribution in [1.29, 1.82) is 0 Å². The van der Waals surface area contributed by atoms with Crippen molar-refractivity contribution in [2.45, 2.75) is 30.7 Å². The number of carbonyl (C=O) groups excluding carboxylic acids is 1. The highest BCUT2D eigenvalue weighted by atomic mass is 16.8. The van der Waals surface area contributed by atoms with Crippen molar-refractivity contribution >= 4 is 6.16 Å². The Labute approximate surface area is 135 Å². The molecule has 1 aliphatic carbocycles. The van der Waals surface area contributed by atoms with Gasteiger partial charge in [0.05, 0.1) is 0 Å². The quantitative estimate of drug-likeness (QED) is 0.807. The number of hydrogen-bond acceptors (Lipinski definition) is 4. The standard InChI is InChI=1S/C19H18O4/c1-2-21-16-13-18(14-9-5-3-6-10-14)19(16,23-17(20)22-18)15-11-7-4-8-12-15/h3-12,16H,2,13H2,1H3. The number of carbonyl (C=O) groups is 1. The van der Waals surface area contributed by atoms with E-state index in [1.165, 1.54) is 0 Å². The van der Waals surface area contributed by atoms with E-state index in [4.69, 9.17) is 14.2 Å². The molecular weight excluding hydrogens is 292 g/mol. The molecule has 1 aliphatic heterocycles. The lowest BCUT2D eigenvalue weighted by atomic mass is 9.57. The second-order valence-corrected chi connectivity index (χ2v) is 5.90. The molecule has 4 heteroatoms. The smallest absolute Gasteiger partial charge is 0.418 e. The molecule has 0 spiro atoms. The van der Waals surface area contributed by atoms with E-state index in [1.807, 2.05) is 67.6 Å². The maximum atomic E-state index is 12.1. The van der Waals surface area contributed by atoms with Gasteiger partial charge in [0.1, 0.15) is 6.10 Å². The number of fused-ring (bicyclic) bond motifs is 1. The third-order valence-corrected chi connectivity index (χ3v) is 4.84. The summed E-state index contributed by atoms with van der Waals surface area (Å²) in [6.45, 7) is 2.50. The molecule has 4 nitrogen and oxygen atoms in total. The Bertz CT molecular complexity index is 715. The highest BCUT2D eigenvalue weighted by molar-refractivity contribution is 5.68. The average Bonchev–Trinajstić information content (AvgIpc) is 2.83. The van der Waals surface area contributed by atoms with Crippen LogP contribution in [0.3, 0.4) is 0 Å². The van der Waals surface area contributed by atoms with Gasteiger partial charge in [0.15, 0.2) is 5.60 Å². The highest BCUT2D eigenvalue weighted by Gasteiger charge is 2.77. The maximum absolute atomic E-state index is 12.1. The van der Waals surface area contributed by atoms with Crippen molar-refractivity contribution in [3.63, 3.8) is 0 Å². The van der Waals surface area contributed by atoms with E-state index >= 15 is 0 Å². The van der Waals surface area contributed by atoms with Gasteiger partial charge in [-0.05, 0) is 6.92 Å². The zero-order valence-corrected chi connectivity index (χ0v) is 12.9. The summed E-state index contributed by atoms with van der Waals surface area (Å²) >= 11 is 0. The van der Waals surface area contributed by atoms with Gasteiger partial charge < -0.3 is 14.2 Å². The number of rotatable bonds is 4. The molecule has 0 radical (unpaired) electrons. The van der Waals surface area contributed by atoms with E-state index in [1.54, 1.807) is 0 Å². The fraction of sp³-hybridized carbons (Fsp3) is 0.316. The fourth-order valence-electron chi connectivity index (χ4n) is 3.89. The molecule has 0 N–H and O–H groups in total. The van der Waals surface area contributed by atoms with Crippen LogP contribution in [0.25, 0.3) is 0 Å². The van der Waals surface area contributed by atoms with Gasteiger partial charge in [-0.1, -0.05) is 60.7 Å². The lowest BCUT2D eigenvalue weighted by Crippen LogP contribution is -2.66. The van der Waals surface area contributed by atoms with Gasteiger partial charge in [0.2, 0.25) is 5.60 Å². The van der Waals surface area contributed by atoms with Crippen LogP contribution in [-0.2, 0) is 25.4 Å². The number of ether oxygens (including phenoxy) is 3. The van der Waals surface area contributed by atoms with Crippen LogP contribution in [0.1, 0.15) is 24.5 Å². The molecule has 3 atom stereocenters. The van der Waals surface area contributed by atoms with Crippen LogP contribution < -0.4 is 0 Å². The lowest BCUT2D eigenvalue weighted by Gasteiger charge is -2.55. The zero-order chi connectivity index (χ0) is 15.9. The van der Waals surface area contributed by atoms with Crippen molar-refractivity contribution < 1.29 is 19.0 Å². The third kappa shape index (κ3) is 1.78. The molecule has 0 amide bonds. The van der Waals surface area contributed by atoms with Gasteiger partial charge in [-0.25, -0.2) is 4.79 Å². The monoisotopic (exact) mass is 310 g/mol. The molecule has 1 saturated heterocycles. The van der Waals surface area contributed by atoms with Crippen molar-refractivity contribution in [1.82, 2.24) is 0 Å². The fourth-order valence-corrected chi connectivity index (χ4v) is 3.89. The van der Waals surface area contributed by atoms with E-state index in [9.17, 15) is 4.79 Å². The first-order valence-electron chi connectivity index (χ1n) is 7.87. The minimum absolute atomic E-state index is 0.221. The summed E-state index contributed by atoms with van der Waals surface area (Å²) in [4.78, 5) is 12.1. The Morgan fingerprint density at radius 3 is 2.22 bits per heavy atom. The van der Waals surface area contributed by atoms with Crippen LogP contribution >= 0.6 is 0 Å². The molecule has 118 valence electrons. The van der Waals surface area contributed by atoms with Crippen LogP contribution in [0.4, 0.5) is 4.79 Å². The van der Waals surface area contributed by atoms with E-state index < -0.39 is 17.4 Å². The minimum Gasteiger partial charge on any atom is -0.418 e. The van der Waals surface area contributed by atoms with Gasteiger partial charge in [0.25, 0.3) is 0 Å². The van der Waals surface area contributed by atoms with Crippen LogP contribution in [0.5, 0.6) is 0 Å². The van der Waals surface area contributed by atoms with Crippen LogP contribution in [0.15, 0.2) is 60.7 Å². The van der Waals surface area contributed by atoms with Gasteiger partial charge in [-0.15, -0.1) is 0 Å². The molecule has 23 heavy (non-hydrogen) atoms. The first-order chi connectivity index (χ1) is 11.2. The summed E-state index contributed by atoms with van der Waals surface area (Å²) in [6, 6.07) is 19.5. The summed E-state index contributed by atoms with van der Waals surface area (Å²) < 4.78 is 17.4. The minimum atomic E-state index is -0.928. The molecule has 4 rings (SSSR count). The molecule has 0 bridgehead atoms. The summed E-state index contributed by atoms with van der Waals surface area (Å²) in [5, 5.41) is 0. The van der Waals surface area contributed by atoms with E-state index in [0.29, 0.717) is 13.0 Å². The molecule has 0 aromatic heterocycles. The van der Waals surface area contributed by atoms with Crippen molar-refractivity contribution in [3.8, 4) is 0 Å². The Kier molecular flexibility index (Phi) is 3.16. The molecule has 1 saturated carbocycles. The molecule has 3 unspecified atom stereocenters. The van der Waals surface area contributed by atoms with Crippen LogP contribution in [0, 0.1) is 0 Å². The summed E-state index contributed by atoms with van der Waals surface area (Å²) in [5.41, 5.74) is 0.0833. The summed E-state index contributed by atoms with van der Waals surface area (Å²) in [5.74, 6) is 0. The third-order valence-electron chi connectivity index (χ3n) is 4.84. The second kappa shape index (κ2) is 5.10. The van der Waals surface area contributed by atoms with E-state index in [2.05, 4.69) is 0 Å². The topological polar surface area (TPSA) is 44.8 Å². The Balaban J connectivity index is 1.90. The predicted octanol–water partition coefficient (Wildman–Crippen LogP) is 3.75. The Morgan fingerprint density at radius 2 is 1.61 bits per heavy atom. The SMILES string of the molecule is CCOC1CC2(c3ccccc3)OC(=O)OC12c1ccccc1. The van der Waals surface area contributed by atoms with Crippen molar-refractivity contribution in [3.05, 3.63) is 71.8 Å². The van der Waals surface area contributed by atoms with Gasteiger partial charge >= 0.3 is 6.16 Å². The number of hydrogen-bond donors (Lipinski definition) is 0. The summed E-state index contributed by atoms with van der Waals surface area (Å²) in [6.07, 6.45) is -0.271. The molecule has 2 aliphatic rings. The van der Waals surface area contributed by atoms with Gasteiger partial charge in [0, 0.05) is 24.2 Å². The molecule has 2 aromatic rings. The molecule has 2 aromatic carbocycles. The molecule has 2 fully saturated rings. The largest absolute Gasteiger partial charge is 0.510 e.